The molecule has 0 aliphatic rings. The molecule has 5 heteroatoms. The number of aromatic amines is 1. The molecule has 0 spiro atoms. The van der Waals surface area contributed by atoms with E-state index in [1.165, 1.54) is 11.6 Å². The van der Waals surface area contributed by atoms with Crippen LogP contribution in [0.5, 0.6) is 0 Å². The van der Waals surface area contributed by atoms with Crippen molar-refractivity contribution in [3.63, 3.8) is 0 Å². The molecule has 130 valence electrons. The predicted molar refractivity (Wildman–Crippen MR) is 97.3 cm³/mol. The molecule has 0 saturated heterocycles. The summed E-state index contributed by atoms with van der Waals surface area (Å²) in [6.45, 7) is 2.61. The van der Waals surface area contributed by atoms with Crippen LogP contribution in [-0.4, -0.2) is 22.8 Å². The summed E-state index contributed by atoms with van der Waals surface area (Å²) in [4.78, 5) is 11.1. The number of aliphatic hydroxyl groups is 1. The van der Waals surface area contributed by atoms with E-state index in [0.717, 1.165) is 17.5 Å². The van der Waals surface area contributed by atoms with Gasteiger partial charge in [0.25, 0.3) is 5.56 Å². The number of rotatable bonds is 7. The van der Waals surface area contributed by atoms with E-state index in [1.807, 2.05) is 54.6 Å². The van der Waals surface area contributed by atoms with Crippen molar-refractivity contribution in [1.29, 1.82) is 0 Å². The van der Waals surface area contributed by atoms with E-state index in [0.29, 0.717) is 12.3 Å². The second kappa shape index (κ2) is 7.96. The van der Waals surface area contributed by atoms with Gasteiger partial charge in [-0.3, -0.25) is 4.79 Å². The summed E-state index contributed by atoms with van der Waals surface area (Å²) in [6, 6.07) is 19.2. The fraction of sp³-hybridized carbons (Fsp3) is 0.250. The molecule has 2 atom stereocenters. The van der Waals surface area contributed by atoms with Crippen LogP contribution in [0.2, 0.25) is 0 Å². The van der Waals surface area contributed by atoms with Crippen molar-refractivity contribution >= 4 is 0 Å². The van der Waals surface area contributed by atoms with Crippen molar-refractivity contribution in [1.82, 2.24) is 10.5 Å². The van der Waals surface area contributed by atoms with E-state index in [2.05, 4.69) is 17.4 Å². The molecule has 0 radical (unpaired) electrons. The first-order chi connectivity index (χ1) is 12.1. The number of benzene rings is 2. The van der Waals surface area contributed by atoms with Gasteiger partial charge in [-0.25, -0.2) is 0 Å². The minimum Gasteiger partial charge on any atom is -0.387 e. The highest BCUT2D eigenvalue weighted by atomic mass is 16.5. The van der Waals surface area contributed by atoms with E-state index in [1.54, 1.807) is 0 Å². The van der Waals surface area contributed by atoms with Crippen LogP contribution in [0.1, 0.15) is 24.2 Å². The number of nitrogens with one attached hydrogen (secondary N) is 2. The van der Waals surface area contributed by atoms with Gasteiger partial charge in [0.15, 0.2) is 5.76 Å². The molecule has 0 unspecified atom stereocenters. The third-order valence-electron chi connectivity index (χ3n) is 4.15. The van der Waals surface area contributed by atoms with Crippen LogP contribution >= 0.6 is 0 Å². The van der Waals surface area contributed by atoms with Crippen LogP contribution in [0.15, 0.2) is 70.0 Å². The average Bonchev–Trinajstić information content (AvgIpc) is 3.07. The Bertz CT molecular complexity index is 837. The normalized spacial score (nSPS) is 13.5. The molecular formula is C20H22N2O3. The van der Waals surface area contributed by atoms with Crippen LogP contribution in [0.3, 0.4) is 0 Å². The Morgan fingerprint density at radius 2 is 1.84 bits per heavy atom. The number of hydrogen-bond donors (Lipinski definition) is 3. The Hall–Kier alpha value is -2.63. The SMILES string of the molecule is C[C@@H](Cc1ccc(-c2cc(=O)[nH]o2)cc1)NC[C@H](O)c1ccccc1. The fourth-order valence-electron chi connectivity index (χ4n) is 2.76. The second-order valence-electron chi connectivity index (χ2n) is 6.21. The summed E-state index contributed by atoms with van der Waals surface area (Å²) in [5, 5.41) is 15.9. The van der Waals surface area contributed by atoms with Crippen molar-refractivity contribution in [3.8, 4) is 11.3 Å². The molecule has 0 aliphatic carbocycles. The molecule has 3 aromatic rings. The van der Waals surface area contributed by atoms with Gasteiger partial charge in [-0.05, 0) is 24.5 Å². The van der Waals surface area contributed by atoms with Crippen LogP contribution in [0.4, 0.5) is 0 Å². The lowest BCUT2D eigenvalue weighted by Crippen LogP contribution is -2.32. The molecule has 3 N–H and O–H groups in total. The van der Waals surface area contributed by atoms with Gasteiger partial charge < -0.3 is 14.9 Å². The Morgan fingerprint density at radius 1 is 1.12 bits per heavy atom. The average molecular weight is 338 g/mol. The van der Waals surface area contributed by atoms with Crippen molar-refractivity contribution in [3.05, 3.63) is 82.1 Å². The topological polar surface area (TPSA) is 78.3 Å². The third kappa shape index (κ3) is 4.68. The molecule has 5 nitrogen and oxygen atoms in total. The summed E-state index contributed by atoms with van der Waals surface area (Å²) in [6.07, 6.45) is 0.335. The quantitative estimate of drug-likeness (QED) is 0.619. The highest BCUT2D eigenvalue weighted by molar-refractivity contribution is 5.56. The number of hydrogen-bond acceptors (Lipinski definition) is 4. The molecular weight excluding hydrogens is 316 g/mol. The van der Waals surface area contributed by atoms with Crippen molar-refractivity contribution < 1.29 is 9.63 Å². The van der Waals surface area contributed by atoms with E-state index in [-0.39, 0.29) is 11.6 Å². The van der Waals surface area contributed by atoms with Gasteiger partial charge in [0.05, 0.1) is 12.2 Å². The zero-order valence-corrected chi connectivity index (χ0v) is 14.1. The van der Waals surface area contributed by atoms with Gasteiger partial charge in [0.1, 0.15) is 0 Å². The van der Waals surface area contributed by atoms with Crippen LogP contribution in [-0.2, 0) is 6.42 Å². The van der Waals surface area contributed by atoms with Crippen LogP contribution in [0, 0.1) is 0 Å². The van der Waals surface area contributed by atoms with Gasteiger partial charge in [0.2, 0.25) is 0 Å². The number of aliphatic hydroxyl groups excluding tert-OH is 1. The molecule has 25 heavy (non-hydrogen) atoms. The van der Waals surface area contributed by atoms with E-state index < -0.39 is 6.10 Å². The van der Waals surface area contributed by atoms with Crippen molar-refractivity contribution in [2.75, 3.05) is 6.54 Å². The molecule has 0 aliphatic heterocycles. The zero-order chi connectivity index (χ0) is 17.6. The maximum Gasteiger partial charge on any atom is 0.280 e. The Kier molecular flexibility index (Phi) is 5.48. The fourth-order valence-corrected chi connectivity index (χ4v) is 2.76. The number of aromatic nitrogens is 1. The van der Waals surface area contributed by atoms with E-state index in [9.17, 15) is 9.90 Å². The highest BCUT2D eigenvalue weighted by Crippen LogP contribution is 2.18. The molecule has 2 aromatic carbocycles. The first-order valence-corrected chi connectivity index (χ1v) is 8.36. The van der Waals surface area contributed by atoms with Gasteiger partial charge >= 0.3 is 0 Å². The highest BCUT2D eigenvalue weighted by Gasteiger charge is 2.10. The summed E-state index contributed by atoms with van der Waals surface area (Å²) < 4.78 is 5.10. The summed E-state index contributed by atoms with van der Waals surface area (Å²) in [7, 11) is 0. The lowest BCUT2D eigenvalue weighted by atomic mass is 10.0. The first-order valence-electron chi connectivity index (χ1n) is 8.36. The molecule has 0 amide bonds. The Labute approximate surface area is 146 Å². The van der Waals surface area contributed by atoms with Crippen LogP contribution < -0.4 is 10.9 Å². The number of H-pyrrole nitrogens is 1. The van der Waals surface area contributed by atoms with Crippen molar-refractivity contribution in [2.45, 2.75) is 25.5 Å². The molecule has 1 aromatic heterocycles. The molecule has 3 rings (SSSR count). The maximum absolute atomic E-state index is 11.1. The minimum atomic E-state index is -0.512. The molecule has 1 heterocycles. The zero-order valence-electron chi connectivity index (χ0n) is 14.1. The second-order valence-corrected chi connectivity index (χ2v) is 6.21. The molecule has 0 fully saturated rings. The van der Waals surface area contributed by atoms with Crippen LogP contribution in [0.25, 0.3) is 11.3 Å². The lowest BCUT2D eigenvalue weighted by molar-refractivity contribution is 0.170. The maximum atomic E-state index is 11.1. The smallest absolute Gasteiger partial charge is 0.280 e. The lowest BCUT2D eigenvalue weighted by Gasteiger charge is -2.17. The van der Waals surface area contributed by atoms with Gasteiger partial charge in [-0.15, -0.1) is 0 Å². The molecule has 0 bridgehead atoms. The minimum absolute atomic E-state index is 0.231. The predicted octanol–water partition coefficient (Wildman–Crippen LogP) is 2.89. The first kappa shape index (κ1) is 17.2. The van der Waals surface area contributed by atoms with Gasteiger partial charge in [0, 0.05) is 18.2 Å². The standard InChI is InChI=1S/C20H22N2O3/c1-14(21-13-18(23)16-5-3-2-4-6-16)11-15-7-9-17(10-8-15)19-12-20(24)22-25-19/h2-10,12,14,18,21,23H,11,13H2,1H3,(H,22,24)/t14-,18-/m0/s1. The molecule has 0 saturated carbocycles. The third-order valence-corrected chi connectivity index (χ3v) is 4.15. The monoisotopic (exact) mass is 338 g/mol. The van der Waals surface area contributed by atoms with Crippen molar-refractivity contribution in [2.24, 2.45) is 0 Å². The Morgan fingerprint density at radius 3 is 2.48 bits per heavy atom. The summed E-state index contributed by atoms with van der Waals surface area (Å²) in [5.41, 5.74) is 2.71. The van der Waals surface area contributed by atoms with Gasteiger partial charge in [-0.2, -0.15) is 5.16 Å². The summed E-state index contributed by atoms with van der Waals surface area (Å²) in [5.74, 6) is 0.536. The van der Waals surface area contributed by atoms with E-state index in [4.69, 9.17) is 4.52 Å². The van der Waals surface area contributed by atoms with E-state index >= 15 is 0 Å². The Balaban J connectivity index is 1.52. The summed E-state index contributed by atoms with van der Waals surface area (Å²) >= 11 is 0. The largest absolute Gasteiger partial charge is 0.387 e. The van der Waals surface area contributed by atoms with Gasteiger partial charge in [-0.1, -0.05) is 54.6 Å².